The van der Waals surface area contributed by atoms with E-state index in [9.17, 15) is 4.79 Å². The highest BCUT2D eigenvalue weighted by molar-refractivity contribution is 7.09. The minimum absolute atomic E-state index is 0.0856. The van der Waals surface area contributed by atoms with Crippen molar-refractivity contribution in [1.29, 1.82) is 0 Å². The lowest BCUT2D eigenvalue weighted by molar-refractivity contribution is 0.0520. The number of hydrogen-bond acceptors (Lipinski definition) is 6. The second-order valence-electron chi connectivity index (χ2n) is 5.84. The molecule has 0 radical (unpaired) electrons. The Morgan fingerprint density at radius 3 is 2.86 bits per heavy atom. The molecule has 1 aliphatic rings. The number of rotatable bonds is 7. The number of piperidine rings is 1. The number of amides is 1. The highest BCUT2D eigenvalue weighted by Crippen LogP contribution is 2.13. The summed E-state index contributed by atoms with van der Waals surface area (Å²) in [5.41, 5.74) is 6.01. The molecule has 1 fully saturated rings. The van der Waals surface area contributed by atoms with Crippen LogP contribution in [0.3, 0.4) is 0 Å². The molecule has 0 aliphatic carbocycles. The number of nitrogens with zero attached hydrogens (tertiary/aromatic N) is 2. The number of hydrogen-bond donors (Lipinski definition) is 2. The second kappa shape index (κ2) is 8.57. The quantitative estimate of drug-likeness (QED) is 0.787. The predicted octanol–water partition coefficient (Wildman–Crippen LogP) is 1.22. The van der Waals surface area contributed by atoms with E-state index in [4.69, 9.17) is 10.5 Å². The molecule has 0 bridgehead atoms. The first-order valence-electron chi connectivity index (χ1n) is 7.87. The zero-order valence-electron chi connectivity index (χ0n) is 13.4. The molecule has 6 nitrogen and oxygen atoms in total. The van der Waals surface area contributed by atoms with Crippen molar-refractivity contribution < 1.29 is 9.53 Å². The van der Waals surface area contributed by atoms with Crippen LogP contribution >= 0.6 is 11.3 Å². The van der Waals surface area contributed by atoms with Crippen molar-refractivity contribution in [2.45, 2.75) is 45.4 Å². The highest BCUT2D eigenvalue weighted by Gasteiger charge is 2.21. The van der Waals surface area contributed by atoms with Crippen LogP contribution in [0.4, 0.5) is 0 Å². The third kappa shape index (κ3) is 5.31. The van der Waals surface area contributed by atoms with Gasteiger partial charge in [0, 0.05) is 37.6 Å². The fourth-order valence-electron chi connectivity index (χ4n) is 2.49. The summed E-state index contributed by atoms with van der Waals surface area (Å²) in [6, 6.07) is 0.234. The van der Waals surface area contributed by atoms with Gasteiger partial charge in [-0.05, 0) is 26.7 Å². The van der Waals surface area contributed by atoms with Gasteiger partial charge in [-0.15, -0.1) is 11.3 Å². The number of carbonyl (C=O) groups excluding carboxylic acids is 1. The molecule has 124 valence electrons. The van der Waals surface area contributed by atoms with E-state index in [1.165, 1.54) is 11.3 Å². The van der Waals surface area contributed by atoms with Gasteiger partial charge < -0.3 is 20.7 Å². The summed E-state index contributed by atoms with van der Waals surface area (Å²) in [6.45, 7) is 8.22. The van der Waals surface area contributed by atoms with Crippen LogP contribution in [0.5, 0.6) is 0 Å². The van der Waals surface area contributed by atoms with E-state index >= 15 is 0 Å². The number of likely N-dealkylation sites (tertiary alicyclic amines) is 1. The minimum Gasteiger partial charge on any atom is -0.377 e. The van der Waals surface area contributed by atoms with E-state index in [1.54, 1.807) is 5.38 Å². The lowest BCUT2D eigenvalue weighted by atomic mass is 10.0. The Kier molecular flexibility index (Phi) is 6.75. The first-order valence-corrected chi connectivity index (χ1v) is 8.75. The summed E-state index contributed by atoms with van der Waals surface area (Å²) in [5, 5.41) is 5.64. The van der Waals surface area contributed by atoms with E-state index in [2.05, 4.69) is 29.0 Å². The SMILES string of the molecule is CC(C)OCCN1CCC(NC(=O)c2csc(CN)n2)CC1. The van der Waals surface area contributed by atoms with Crippen molar-refractivity contribution in [3.8, 4) is 0 Å². The third-order valence-electron chi connectivity index (χ3n) is 3.74. The number of thiazole rings is 1. The molecule has 2 rings (SSSR count). The third-order valence-corrected chi connectivity index (χ3v) is 4.61. The summed E-state index contributed by atoms with van der Waals surface area (Å²) in [4.78, 5) is 18.7. The summed E-state index contributed by atoms with van der Waals surface area (Å²) in [7, 11) is 0. The monoisotopic (exact) mass is 326 g/mol. The fourth-order valence-corrected chi connectivity index (χ4v) is 3.14. The average Bonchev–Trinajstić information content (AvgIpc) is 2.98. The molecule has 0 saturated carbocycles. The van der Waals surface area contributed by atoms with E-state index in [1.807, 2.05) is 0 Å². The van der Waals surface area contributed by atoms with Crippen molar-refractivity contribution in [2.75, 3.05) is 26.2 Å². The molecular weight excluding hydrogens is 300 g/mol. The van der Waals surface area contributed by atoms with E-state index < -0.39 is 0 Å². The van der Waals surface area contributed by atoms with Gasteiger partial charge in [0.15, 0.2) is 0 Å². The van der Waals surface area contributed by atoms with Crippen LogP contribution < -0.4 is 11.1 Å². The average molecular weight is 326 g/mol. The number of aromatic nitrogens is 1. The van der Waals surface area contributed by atoms with Gasteiger partial charge in [0.25, 0.3) is 5.91 Å². The molecule has 1 aromatic heterocycles. The van der Waals surface area contributed by atoms with Crippen molar-refractivity contribution in [3.63, 3.8) is 0 Å². The maximum Gasteiger partial charge on any atom is 0.270 e. The molecular formula is C15H26N4O2S. The minimum atomic E-state index is -0.0856. The Bertz CT molecular complexity index is 470. The maximum absolute atomic E-state index is 12.1. The molecule has 0 unspecified atom stereocenters. The van der Waals surface area contributed by atoms with Gasteiger partial charge in [0.2, 0.25) is 0 Å². The number of nitrogens with one attached hydrogen (secondary N) is 1. The fraction of sp³-hybridized carbons (Fsp3) is 0.733. The van der Waals surface area contributed by atoms with Crippen molar-refractivity contribution >= 4 is 17.2 Å². The summed E-state index contributed by atoms with van der Waals surface area (Å²) in [5.74, 6) is -0.0856. The molecule has 22 heavy (non-hydrogen) atoms. The maximum atomic E-state index is 12.1. The Morgan fingerprint density at radius 1 is 1.55 bits per heavy atom. The van der Waals surface area contributed by atoms with Crippen LogP contribution in [0.15, 0.2) is 5.38 Å². The van der Waals surface area contributed by atoms with Gasteiger partial charge in [0.05, 0.1) is 12.7 Å². The van der Waals surface area contributed by atoms with Crippen molar-refractivity contribution in [1.82, 2.24) is 15.2 Å². The zero-order valence-corrected chi connectivity index (χ0v) is 14.2. The number of nitrogens with two attached hydrogens (primary N) is 1. The Balaban J connectivity index is 1.69. The van der Waals surface area contributed by atoms with Gasteiger partial charge in [-0.25, -0.2) is 4.98 Å². The normalized spacial score (nSPS) is 17.1. The first-order chi connectivity index (χ1) is 10.6. The number of carbonyl (C=O) groups is 1. The molecule has 1 aromatic rings. The highest BCUT2D eigenvalue weighted by atomic mass is 32.1. The van der Waals surface area contributed by atoms with E-state index in [-0.39, 0.29) is 18.1 Å². The molecule has 2 heterocycles. The van der Waals surface area contributed by atoms with Crippen LogP contribution in [0.2, 0.25) is 0 Å². The molecule has 0 spiro atoms. The lowest BCUT2D eigenvalue weighted by Gasteiger charge is -2.32. The Labute approximate surface area is 136 Å². The molecule has 1 aliphatic heterocycles. The summed E-state index contributed by atoms with van der Waals surface area (Å²) in [6.07, 6.45) is 2.23. The molecule has 1 amide bonds. The van der Waals surface area contributed by atoms with Crippen molar-refractivity contribution in [2.24, 2.45) is 5.73 Å². The van der Waals surface area contributed by atoms with E-state index in [0.29, 0.717) is 12.2 Å². The van der Waals surface area contributed by atoms with Gasteiger partial charge >= 0.3 is 0 Å². The molecule has 7 heteroatoms. The second-order valence-corrected chi connectivity index (χ2v) is 6.78. The predicted molar refractivity (Wildman–Crippen MR) is 88.0 cm³/mol. The van der Waals surface area contributed by atoms with Crippen molar-refractivity contribution in [3.05, 3.63) is 16.1 Å². The Hall–Kier alpha value is -1.02. The molecule has 1 saturated heterocycles. The van der Waals surface area contributed by atoms with Crippen LogP contribution in [-0.4, -0.2) is 54.2 Å². The molecule has 0 aromatic carbocycles. The van der Waals surface area contributed by atoms with Gasteiger partial charge in [-0.2, -0.15) is 0 Å². The van der Waals surface area contributed by atoms with Crippen LogP contribution in [0.1, 0.15) is 42.2 Å². The first kappa shape index (κ1) is 17.3. The van der Waals surface area contributed by atoms with Gasteiger partial charge in [-0.1, -0.05) is 0 Å². The number of ether oxygens (including phenoxy) is 1. The van der Waals surface area contributed by atoms with Crippen LogP contribution in [0.25, 0.3) is 0 Å². The van der Waals surface area contributed by atoms with Crippen LogP contribution in [-0.2, 0) is 11.3 Å². The summed E-state index contributed by atoms with van der Waals surface area (Å²) < 4.78 is 5.58. The lowest BCUT2D eigenvalue weighted by Crippen LogP contribution is -2.45. The largest absolute Gasteiger partial charge is 0.377 e. The topological polar surface area (TPSA) is 80.5 Å². The zero-order chi connectivity index (χ0) is 15.9. The molecule has 0 atom stereocenters. The Morgan fingerprint density at radius 2 is 2.27 bits per heavy atom. The van der Waals surface area contributed by atoms with E-state index in [0.717, 1.165) is 44.1 Å². The van der Waals surface area contributed by atoms with Gasteiger partial charge in [-0.3, -0.25) is 4.79 Å². The summed E-state index contributed by atoms with van der Waals surface area (Å²) >= 11 is 1.43. The smallest absolute Gasteiger partial charge is 0.270 e. The van der Waals surface area contributed by atoms with Crippen LogP contribution in [0, 0.1) is 0 Å². The molecule has 3 N–H and O–H groups in total. The van der Waals surface area contributed by atoms with Gasteiger partial charge in [0.1, 0.15) is 10.7 Å². The standard InChI is InChI=1S/C15H26N4O2S/c1-11(2)21-8-7-19-5-3-12(4-6-19)17-15(20)13-10-22-14(9-16)18-13/h10-12H,3-9,16H2,1-2H3,(H,17,20).